The van der Waals surface area contributed by atoms with Gasteiger partial charge in [0.1, 0.15) is 11.6 Å². The summed E-state index contributed by atoms with van der Waals surface area (Å²) in [7, 11) is -4.11. The Morgan fingerprint density at radius 2 is 1.64 bits per heavy atom. The van der Waals surface area contributed by atoms with E-state index >= 15 is 0 Å². The van der Waals surface area contributed by atoms with Gasteiger partial charge in [-0.25, -0.2) is 17.2 Å². The van der Waals surface area contributed by atoms with Gasteiger partial charge in [0.05, 0.1) is 15.1 Å². The smallest absolute Gasteiger partial charge is 0.264 e. The largest absolute Gasteiger partial charge is 0.266 e. The monoisotopic (exact) mass is 431 g/mol. The summed E-state index contributed by atoms with van der Waals surface area (Å²) >= 11 is 2.76. The Labute approximate surface area is 155 Å². The molecule has 0 spiro atoms. The average Bonchev–Trinajstić information content (AvgIpc) is 2.50. The van der Waals surface area contributed by atoms with Gasteiger partial charge in [-0.2, -0.15) is 0 Å². The Balaban J connectivity index is 2.64. The van der Waals surface area contributed by atoms with Crippen LogP contribution < -0.4 is 4.31 Å². The molecule has 0 heterocycles. The molecule has 0 radical (unpaired) electrons. The summed E-state index contributed by atoms with van der Waals surface area (Å²) in [6.45, 7) is 7.70. The lowest BCUT2D eigenvalue weighted by molar-refractivity contribution is 0.554. The number of hydrogen-bond acceptors (Lipinski definition) is 2. The van der Waals surface area contributed by atoms with E-state index in [9.17, 15) is 17.2 Å². The van der Waals surface area contributed by atoms with Crippen molar-refractivity contribution in [1.82, 2.24) is 0 Å². The second kappa shape index (κ2) is 7.41. The van der Waals surface area contributed by atoms with Gasteiger partial charge in [-0.3, -0.25) is 4.31 Å². The van der Waals surface area contributed by atoms with Crippen LogP contribution in [0.3, 0.4) is 0 Å². The Hall–Kier alpha value is -1.47. The molecule has 7 heteroatoms. The minimum atomic E-state index is -4.11. The van der Waals surface area contributed by atoms with Crippen LogP contribution in [0.4, 0.5) is 14.5 Å². The molecule has 25 heavy (non-hydrogen) atoms. The van der Waals surface area contributed by atoms with Gasteiger partial charge in [0.15, 0.2) is 0 Å². The van der Waals surface area contributed by atoms with Gasteiger partial charge in [-0.05, 0) is 59.5 Å². The Morgan fingerprint density at radius 1 is 1.08 bits per heavy atom. The Bertz CT molecular complexity index is 875. The minimum Gasteiger partial charge on any atom is -0.266 e. The first kappa shape index (κ1) is 19.8. The number of sulfonamides is 1. The average molecular weight is 432 g/mol. The fraction of sp³-hybridized carbons (Fsp3) is 0.333. The molecule has 0 N–H and O–H groups in total. The van der Waals surface area contributed by atoms with E-state index in [2.05, 4.69) is 15.9 Å². The molecule has 136 valence electrons. The first-order chi connectivity index (χ1) is 11.5. The lowest BCUT2D eigenvalue weighted by Gasteiger charge is -2.28. The first-order valence-electron chi connectivity index (χ1n) is 7.78. The third-order valence-corrected chi connectivity index (χ3v) is 6.21. The van der Waals surface area contributed by atoms with Crippen molar-refractivity contribution >= 4 is 31.6 Å². The summed E-state index contributed by atoms with van der Waals surface area (Å²) in [4.78, 5) is -0.411. The molecule has 0 fully saturated rings. The highest BCUT2D eigenvalue weighted by atomic mass is 79.9. The van der Waals surface area contributed by atoms with E-state index in [1.165, 1.54) is 4.31 Å². The van der Waals surface area contributed by atoms with Crippen molar-refractivity contribution in [1.29, 1.82) is 0 Å². The summed E-state index contributed by atoms with van der Waals surface area (Å²) in [6.07, 6.45) is 0. The molecule has 0 saturated heterocycles. The first-order valence-corrected chi connectivity index (χ1v) is 10.0. The molecular formula is C18H20BrF2NO2S. The zero-order valence-corrected chi connectivity index (χ0v) is 16.9. The highest BCUT2D eigenvalue weighted by Gasteiger charge is 2.28. The third-order valence-electron chi connectivity index (χ3n) is 3.70. The van der Waals surface area contributed by atoms with E-state index in [1.54, 1.807) is 6.07 Å². The van der Waals surface area contributed by atoms with Gasteiger partial charge in [-0.1, -0.05) is 31.5 Å². The van der Waals surface area contributed by atoms with Crippen molar-refractivity contribution in [3.63, 3.8) is 0 Å². The molecule has 0 aliphatic heterocycles. The molecule has 0 amide bonds. The van der Waals surface area contributed by atoms with Crippen LogP contribution in [-0.2, 0) is 10.0 Å². The fourth-order valence-electron chi connectivity index (χ4n) is 2.55. The standard InChI is InChI=1S/C18H20BrF2NO2S/c1-11(2)10-22(17-6-5-12(3)7-13(17)4)25(23,24)14-8-15(20)18(19)16(21)9-14/h5-9,11H,10H2,1-4H3. The topological polar surface area (TPSA) is 37.4 Å². The maximum absolute atomic E-state index is 13.9. The number of rotatable bonds is 5. The number of anilines is 1. The molecule has 2 rings (SSSR count). The maximum atomic E-state index is 13.9. The highest BCUT2D eigenvalue weighted by molar-refractivity contribution is 9.10. The van der Waals surface area contributed by atoms with E-state index < -0.39 is 26.6 Å². The van der Waals surface area contributed by atoms with Crippen molar-refractivity contribution in [3.8, 4) is 0 Å². The van der Waals surface area contributed by atoms with Crippen LogP contribution in [0, 0.1) is 31.4 Å². The molecule has 0 saturated carbocycles. The van der Waals surface area contributed by atoms with Gasteiger partial charge in [0, 0.05) is 6.54 Å². The number of halogens is 3. The zero-order chi connectivity index (χ0) is 18.9. The molecule has 0 aromatic heterocycles. The lowest BCUT2D eigenvalue weighted by atomic mass is 10.1. The Kier molecular flexibility index (Phi) is 5.89. The van der Waals surface area contributed by atoms with Crippen molar-refractivity contribution < 1.29 is 17.2 Å². The van der Waals surface area contributed by atoms with E-state index in [4.69, 9.17) is 0 Å². The molecule has 3 nitrogen and oxygen atoms in total. The zero-order valence-electron chi connectivity index (χ0n) is 14.5. The third kappa shape index (κ3) is 4.20. The van der Waals surface area contributed by atoms with Gasteiger partial charge < -0.3 is 0 Å². The predicted octanol–water partition coefficient (Wildman–Crippen LogP) is 5.20. The quantitative estimate of drug-likeness (QED) is 0.610. The summed E-state index contributed by atoms with van der Waals surface area (Å²) in [5.41, 5.74) is 2.29. The molecule has 0 aliphatic carbocycles. The molecule has 0 unspecified atom stereocenters. The summed E-state index contributed by atoms with van der Waals surface area (Å²) in [6, 6.07) is 7.07. The molecule has 0 aliphatic rings. The van der Waals surface area contributed by atoms with Crippen molar-refractivity contribution in [2.45, 2.75) is 32.6 Å². The van der Waals surface area contributed by atoms with Crippen LogP contribution in [0.2, 0.25) is 0 Å². The second-order valence-corrected chi connectivity index (χ2v) is 9.08. The number of nitrogens with zero attached hydrogens (tertiary/aromatic N) is 1. The molecular weight excluding hydrogens is 412 g/mol. The second-order valence-electron chi connectivity index (χ2n) is 6.42. The molecule has 2 aromatic rings. The normalized spacial score (nSPS) is 11.8. The fourth-order valence-corrected chi connectivity index (χ4v) is 4.50. The highest BCUT2D eigenvalue weighted by Crippen LogP contribution is 2.31. The van der Waals surface area contributed by atoms with Crippen molar-refractivity contribution in [3.05, 3.63) is 57.6 Å². The molecule has 0 bridgehead atoms. The van der Waals surface area contributed by atoms with Crippen LogP contribution in [-0.4, -0.2) is 15.0 Å². The summed E-state index contributed by atoms with van der Waals surface area (Å²) in [5, 5.41) is 0. The van der Waals surface area contributed by atoms with E-state index in [0.717, 1.165) is 23.3 Å². The maximum Gasteiger partial charge on any atom is 0.264 e. The van der Waals surface area contributed by atoms with E-state index in [1.807, 2.05) is 39.8 Å². The SMILES string of the molecule is Cc1ccc(N(CC(C)C)S(=O)(=O)c2cc(F)c(Br)c(F)c2)c(C)c1. The van der Waals surface area contributed by atoms with Gasteiger partial charge in [-0.15, -0.1) is 0 Å². The number of benzene rings is 2. The summed E-state index contributed by atoms with van der Waals surface area (Å²) < 4.78 is 54.8. The van der Waals surface area contributed by atoms with Gasteiger partial charge in [0.25, 0.3) is 10.0 Å². The van der Waals surface area contributed by atoms with E-state index in [0.29, 0.717) is 5.69 Å². The van der Waals surface area contributed by atoms with Crippen molar-refractivity contribution in [2.75, 3.05) is 10.8 Å². The summed E-state index contributed by atoms with van der Waals surface area (Å²) in [5.74, 6) is -1.88. The van der Waals surface area contributed by atoms with Crippen LogP contribution in [0.5, 0.6) is 0 Å². The van der Waals surface area contributed by atoms with Crippen LogP contribution in [0.25, 0.3) is 0 Å². The molecule has 2 aromatic carbocycles. The number of hydrogen-bond donors (Lipinski definition) is 0. The Morgan fingerprint density at radius 3 is 2.12 bits per heavy atom. The van der Waals surface area contributed by atoms with E-state index in [-0.39, 0.29) is 16.9 Å². The molecule has 0 atom stereocenters. The minimum absolute atomic E-state index is 0.0284. The lowest BCUT2D eigenvalue weighted by Crippen LogP contribution is -2.35. The van der Waals surface area contributed by atoms with Crippen LogP contribution in [0.15, 0.2) is 39.7 Å². The van der Waals surface area contributed by atoms with Crippen LogP contribution >= 0.6 is 15.9 Å². The predicted molar refractivity (Wildman–Crippen MR) is 99.3 cm³/mol. The van der Waals surface area contributed by atoms with Gasteiger partial charge in [0.2, 0.25) is 0 Å². The van der Waals surface area contributed by atoms with Crippen LogP contribution in [0.1, 0.15) is 25.0 Å². The number of aryl methyl sites for hydroxylation is 2. The van der Waals surface area contributed by atoms with Gasteiger partial charge >= 0.3 is 0 Å². The van der Waals surface area contributed by atoms with Crippen molar-refractivity contribution in [2.24, 2.45) is 5.92 Å².